The molecule has 0 spiro atoms. The monoisotopic (exact) mass is 332 g/mol. The number of hydrogen-bond donors (Lipinski definition) is 2. The Balaban J connectivity index is 1.72. The summed E-state index contributed by atoms with van der Waals surface area (Å²) in [5.74, 6) is 0. The summed E-state index contributed by atoms with van der Waals surface area (Å²) in [6.45, 7) is 0. The van der Waals surface area contributed by atoms with Crippen molar-refractivity contribution in [3.63, 3.8) is 0 Å². The summed E-state index contributed by atoms with van der Waals surface area (Å²) in [5, 5.41) is 6.59. The number of nitroso groups, excluding NO2 is 1. The van der Waals surface area contributed by atoms with Crippen LogP contribution in [0.2, 0.25) is 0 Å². The van der Waals surface area contributed by atoms with E-state index in [0.717, 1.165) is 16.8 Å². The van der Waals surface area contributed by atoms with E-state index in [-0.39, 0.29) is 6.04 Å². The van der Waals surface area contributed by atoms with Crippen molar-refractivity contribution < 1.29 is 0 Å². The Bertz CT molecular complexity index is 935. The fourth-order valence-electron chi connectivity index (χ4n) is 3.56. The lowest BCUT2D eigenvalue weighted by Gasteiger charge is -2.20. The molecule has 3 aromatic rings. The third-order valence-electron chi connectivity index (χ3n) is 4.67. The highest BCUT2D eigenvalue weighted by Gasteiger charge is 2.31. The minimum Gasteiger partial charge on any atom is -0.323 e. The zero-order valence-electron chi connectivity index (χ0n) is 13.3. The zero-order chi connectivity index (χ0) is 17.2. The van der Waals surface area contributed by atoms with Gasteiger partial charge in [-0.3, -0.25) is 5.43 Å². The molecule has 0 fully saturated rings. The molecule has 0 amide bonds. The highest BCUT2D eigenvalue weighted by atomic mass is 16.3. The van der Waals surface area contributed by atoms with Crippen molar-refractivity contribution in [1.82, 2.24) is 9.55 Å². The molecule has 2 unspecified atom stereocenters. The van der Waals surface area contributed by atoms with E-state index in [1.54, 1.807) is 12.4 Å². The number of anilines is 1. The van der Waals surface area contributed by atoms with Gasteiger partial charge in [0, 0.05) is 17.5 Å². The van der Waals surface area contributed by atoms with E-state index < -0.39 is 6.04 Å². The van der Waals surface area contributed by atoms with Gasteiger partial charge in [-0.1, -0.05) is 52.9 Å². The lowest BCUT2D eigenvalue weighted by atomic mass is 9.94. The molecule has 1 aliphatic rings. The van der Waals surface area contributed by atoms with Gasteiger partial charge in [-0.2, -0.15) is 10.4 Å². The highest BCUT2D eigenvalue weighted by molar-refractivity contribution is 5.69. The van der Waals surface area contributed by atoms with Gasteiger partial charge in [0.05, 0.1) is 29.9 Å². The molecule has 2 heterocycles. The van der Waals surface area contributed by atoms with Crippen molar-refractivity contribution in [2.24, 2.45) is 10.4 Å². The van der Waals surface area contributed by atoms with Crippen LogP contribution in [0.3, 0.4) is 0 Å². The smallest absolute Gasteiger partial charge is 0.121 e. The standard InChI is InChI=1S/C18H16N6O/c19-23-21-15-8-4-3-7-14(15)16(22-25)9-17-12-5-1-2-6-13(12)18-10-20-11-24(17)18/h1-8,10-11,16-17H,9H2,(H2,19,21). The van der Waals surface area contributed by atoms with Gasteiger partial charge in [0.15, 0.2) is 0 Å². The van der Waals surface area contributed by atoms with Crippen molar-refractivity contribution in [3.05, 3.63) is 77.1 Å². The Morgan fingerprint density at radius 3 is 2.84 bits per heavy atom. The number of para-hydroxylation sites is 1. The van der Waals surface area contributed by atoms with Crippen LogP contribution in [0.4, 0.5) is 5.69 Å². The van der Waals surface area contributed by atoms with E-state index in [1.165, 1.54) is 5.56 Å². The molecule has 0 saturated heterocycles. The minimum atomic E-state index is -0.558. The van der Waals surface area contributed by atoms with Crippen LogP contribution < -0.4 is 5.43 Å². The topological polar surface area (TPSA) is 95.5 Å². The van der Waals surface area contributed by atoms with Crippen molar-refractivity contribution >= 4 is 5.69 Å². The second-order valence-corrected chi connectivity index (χ2v) is 5.96. The average molecular weight is 332 g/mol. The molecular weight excluding hydrogens is 316 g/mol. The molecular formula is C18H16N6O. The molecule has 25 heavy (non-hydrogen) atoms. The van der Waals surface area contributed by atoms with E-state index in [0.29, 0.717) is 12.1 Å². The number of benzene rings is 2. The third-order valence-corrected chi connectivity index (χ3v) is 4.67. The second-order valence-electron chi connectivity index (χ2n) is 5.96. The summed E-state index contributed by atoms with van der Waals surface area (Å²) in [7, 11) is 0. The molecule has 0 aliphatic carbocycles. The quantitative estimate of drug-likeness (QED) is 0.389. The zero-order valence-corrected chi connectivity index (χ0v) is 13.3. The largest absolute Gasteiger partial charge is 0.323 e. The molecule has 7 heteroatoms. The van der Waals surface area contributed by atoms with Crippen LogP contribution in [-0.2, 0) is 0 Å². The highest BCUT2D eigenvalue weighted by Crippen LogP contribution is 2.44. The van der Waals surface area contributed by atoms with Crippen LogP contribution >= 0.6 is 0 Å². The van der Waals surface area contributed by atoms with Gasteiger partial charge in [0.2, 0.25) is 0 Å². The summed E-state index contributed by atoms with van der Waals surface area (Å²) >= 11 is 0. The molecule has 124 valence electrons. The predicted octanol–water partition coefficient (Wildman–Crippen LogP) is 4.71. The van der Waals surface area contributed by atoms with Crippen molar-refractivity contribution in [3.8, 4) is 11.3 Å². The molecule has 2 atom stereocenters. The molecule has 0 saturated carbocycles. The Hall–Kier alpha value is -3.35. The molecule has 7 nitrogen and oxygen atoms in total. The summed E-state index contributed by atoms with van der Waals surface area (Å²) < 4.78 is 2.09. The fraction of sp³-hybridized carbons (Fsp3) is 0.167. The number of fused-ring (bicyclic) bond motifs is 3. The molecule has 0 bridgehead atoms. The number of imidazole rings is 1. The SMILES string of the molecule is N=NNc1ccccc1C(CC1c2ccccc2-c2cncn21)N=O. The van der Waals surface area contributed by atoms with Crippen LogP contribution in [-0.4, -0.2) is 9.55 Å². The van der Waals surface area contributed by atoms with Gasteiger partial charge < -0.3 is 4.57 Å². The van der Waals surface area contributed by atoms with Gasteiger partial charge in [0.1, 0.15) is 6.04 Å². The van der Waals surface area contributed by atoms with E-state index in [2.05, 4.69) is 37.5 Å². The van der Waals surface area contributed by atoms with Crippen LogP contribution in [0, 0.1) is 10.4 Å². The number of hydrogen-bond acceptors (Lipinski definition) is 5. The van der Waals surface area contributed by atoms with E-state index >= 15 is 0 Å². The molecule has 1 aliphatic heterocycles. The molecule has 2 N–H and O–H groups in total. The van der Waals surface area contributed by atoms with Gasteiger partial charge in [0.25, 0.3) is 0 Å². The van der Waals surface area contributed by atoms with Crippen LogP contribution in [0.5, 0.6) is 0 Å². The van der Waals surface area contributed by atoms with Gasteiger partial charge in [-0.25, -0.2) is 4.98 Å². The maximum atomic E-state index is 11.6. The Labute approximate surface area is 144 Å². The molecule has 1 aromatic heterocycles. The molecule has 2 aromatic carbocycles. The predicted molar refractivity (Wildman–Crippen MR) is 94.2 cm³/mol. The summed E-state index contributed by atoms with van der Waals surface area (Å²) in [5.41, 5.74) is 14.4. The first kappa shape index (κ1) is 15.2. The number of nitrogens with one attached hydrogen (secondary N) is 2. The summed E-state index contributed by atoms with van der Waals surface area (Å²) in [6, 6.07) is 14.9. The summed E-state index contributed by atoms with van der Waals surface area (Å²) in [4.78, 5) is 15.9. The third kappa shape index (κ3) is 2.50. The Morgan fingerprint density at radius 2 is 2.00 bits per heavy atom. The lowest BCUT2D eigenvalue weighted by Crippen LogP contribution is -2.10. The van der Waals surface area contributed by atoms with Crippen molar-refractivity contribution in [2.75, 3.05) is 5.43 Å². The van der Waals surface area contributed by atoms with Crippen LogP contribution in [0.1, 0.15) is 29.6 Å². The average Bonchev–Trinajstić information content (AvgIpc) is 3.23. The maximum absolute atomic E-state index is 11.6. The fourth-order valence-corrected chi connectivity index (χ4v) is 3.56. The van der Waals surface area contributed by atoms with Crippen LogP contribution in [0.15, 0.2) is 71.5 Å². The van der Waals surface area contributed by atoms with Crippen molar-refractivity contribution in [1.29, 1.82) is 5.53 Å². The van der Waals surface area contributed by atoms with Gasteiger partial charge >= 0.3 is 0 Å². The first-order chi connectivity index (χ1) is 12.3. The maximum Gasteiger partial charge on any atom is 0.121 e. The Morgan fingerprint density at radius 1 is 1.20 bits per heavy atom. The molecule has 4 rings (SSSR count). The minimum absolute atomic E-state index is 0.00241. The van der Waals surface area contributed by atoms with Gasteiger partial charge in [-0.05, 0) is 11.6 Å². The molecule has 0 radical (unpaired) electrons. The van der Waals surface area contributed by atoms with E-state index in [1.807, 2.05) is 36.5 Å². The number of aromatic nitrogens is 2. The second kappa shape index (κ2) is 6.27. The van der Waals surface area contributed by atoms with Crippen LogP contribution in [0.25, 0.3) is 11.3 Å². The first-order valence-corrected chi connectivity index (χ1v) is 7.98. The van der Waals surface area contributed by atoms with Gasteiger partial charge in [-0.15, -0.1) is 0 Å². The lowest BCUT2D eigenvalue weighted by molar-refractivity contribution is 0.501. The van der Waals surface area contributed by atoms with Crippen molar-refractivity contribution in [2.45, 2.75) is 18.5 Å². The van der Waals surface area contributed by atoms with E-state index in [9.17, 15) is 4.91 Å². The summed E-state index contributed by atoms with van der Waals surface area (Å²) in [6.07, 6.45) is 4.16. The number of rotatable bonds is 6. The normalized spacial score (nSPS) is 15.9. The van der Waals surface area contributed by atoms with E-state index in [4.69, 9.17) is 5.53 Å². The first-order valence-electron chi connectivity index (χ1n) is 7.98. The number of nitrogens with zero attached hydrogens (tertiary/aromatic N) is 4. The Kier molecular flexibility index (Phi) is 3.81.